The van der Waals surface area contributed by atoms with Crippen molar-refractivity contribution in [2.45, 2.75) is 26.4 Å². The van der Waals surface area contributed by atoms with E-state index in [1.165, 1.54) is 10.9 Å². The zero-order chi connectivity index (χ0) is 19.4. The maximum absolute atomic E-state index is 12.6. The summed E-state index contributed by atoms with van der Waals surface area (Å²) in [5.41, 5.74) is 2.05. The number of morpholine rings is 1. The predicted molar refractivity (Wildman–Crippen MR) is 99.5 cm³/mol. The molecule has 0 spiro atoms. The Morgan fingerprint density at radius 1 is 1.41 bits per heavy atom. The Bertz CT molecular complexity index is 829. The summed E-state index contributed by atoms with van der Waals surface area (Å²) < 4.78 is 6.73. The molecule has 1 fully saturated rings. The summed E-state index contributed by atoms with van der Waals surface area (Å²) in [5.74, 6) is -0.278. The second-order valence-electron chi connectivity index (χ2n) is 6.57. The number of hydrogen-bond acceptors (Lipinski definition) is 6. The van der Waals surface area contributed by atoms with Crippen molar-refractivity contribution in [3.63, 3.8) is 0 Å². The van der Waals surface area contributed by atoms with Gasteiger partial charge in [-0.05, 0) is 31.5 Å². The van der Waals surface area contributed by atoms with E-state index in [1.807, 2.05) is 24.3 Å². The number of aromatic nitrogens is 2. The van der Waals surface area contributed by atoms with Crippen LogP contribution in [0.2, 0.25) is 0 Å². The minimum atomic E-state index is -0.665. The van der Waals surface area contributed by atoms with Gasteiger partial charge >= 0.3 is 5.69 Å². The van der Waals surface area contributed by atoms with E-state index in [0.717, 1.165) is 38.4 Å². The molecule has 1 aromatic carbocycles. The SMILES string of the molecule is Cc1c([N+](=O)[O-])cnn1C(C)C(=O)Nc1cccc(CN2CCOCC2)c1. The number of hydrogen-bond donors (Lipinski definition) is 1. The van der Waals surface area contributed by atoms with E-state index >= 15 is 0 Å². The molecule has 1 unspecified atom stereocenters. The Morgan fingerprint density at radius 3 is 2.81 bits per heavy atom. The third-order valence-electron chi connectivity index (χ3n) is 4.67. The molecule has 27 heavy (non-hydrogen) atoms. The van der Waals surface area contributed by atoms with Crippen molar-refractivity contribution in [2.24, 2.45) is 0 Å². The number of nitro groups is 1. The van der Waals surface area contributed by atoms with Gasteiger partial charge in [-0.15, -0.1) is 0 Å². The topological polar surface area (TPSA) is 103 Å². The van der Waals surface area contributed by atoms with E-state index < -0.39 is 11.0 Å². The van der Waals surface area contributed by atoms with Crippen molar-refractivity contribution in [3.8, 4) is 0 Å². The normalized spacial score (nSPS) is 16.1. The van der Waals surface area contributed by atoms with E-state index in [0.29, 0.717) is 11.4 Å². The fourth-order valence-corrected chi connectivity index (χ4v) is 3.11. The largest absolute Gasteiger partial charge is 0.379 e. The maximum Gasteiger partial charge on any atom is 0.309 e. The Hall–Kier alpha value is -2.78. The Labute approximate surface area is 157 Å². The molecule has 2 heterocycles. The van der Waals surface area contributed by atoms with Crippen LogP contribution in [0.5, 0.6) is 0 Å². The zero-order valence-corrected chi connectivity index (χ0v) is 15.4. The van der Waals surface area contributed by atoms with E-state index in [-0.39, 0.29) is 11.6 Å². The lowest BCUT2D eigenvalue weighted by Gasteiger charge is -2.26. The highest BCUT2D eigenvalue weighted by Gasteiger charge is 2.23. The van der Waals surface area contributed by atoms with Crippen LogP contribution in [0.4, 0.5) is 11.4 Å². The van der Waals surface area contributed by atoms with Crippen molar-refractivity contribution >= 4 is 17.3 Å². The Kier molecular flexibility index (Phi) is 5.82. The summed E-state index contributed by atoms with van der Waals surface area (Å²) in [6.45, 7) is 7.31. The van der Waals surface area contributed by atoms with Crippen LogP contribution in [0.25, 0.3) is 0 Å². The summed E-state index contributed by atoms with van der Waals surface area (Å²) in [6, 6.07) is 7.03. The molecule has 1 amide bonds. The van der Waals surface area contributed by atoms with Crippen molar-refractivity contribution in [3.05, 3.63) is 51.8 Å². The van der Waals surface area contributed by atoms with Crippen LogP contribution in [0.3, 0.4) is 0 Å². The molecule has 3 rings (SSSR count). The van der Waals surface area contributed by atoms with Gasteiger partial charge in [-0.2, -0.15) is 5.10 Å². The smallest absolute Gasteiger partial charge is 0.309 e. The average Bonchev–Trinajstić information content (AvgIpc) is 3.04. The quantitative estimate of drug-likeness (QED) is 0.615. The molecule has 144 valence electrons. The van der Waals surface area contributed by atoms with E-state index in [2.05, 4.69) is 15.3 Å². The van der Waals surface area contributed by atoms with Gasteiger partial charge in [-0.25, -0.2) is 0 Å². The van der Waals surface area contributed by atoms with Crippen LogP contribution < -0.4 is 5.32 Å². The van der Waals surface area contributed by atoms with E-state index in [9.17, 15) is 14.9 Å². The molecule has 1 N–H and O–H groups in total. The molecule has 0 aliphatic carbocycles. The van der Waals surface area contributed by atoms with Crippen LogP contribution in [0, 0.1) is 17.0 Å². The number of carbonyl (C=O) groups excluding carboxylic acids is 1. The minimum Gasteiger partial charge on any atom is -0.379 e. The lowest BCUT2D eigenvalue weighted by atomic mass is 10.1. The lowest BCUT2D eigenvalue weighted by Crippen LogP contribution is -2.35. The van der Waals surface area contributed by atoms with Crippen molar-refractivity contribution < 1.29 is 14.5 Å². The number of anilines is 1. The molecule has 1 aromatic heterocycles. The zero-order valence-electron chi connectivity index (χ0n) is 15.4. The van der Waals surface area contributed by atoms with Crippen LogP contribution in [-0.4, -0.2) is 51.8 Å². The number of rotatable bonds is 6. The first-order chi connectivity index (χ1) is 13.0. The van der Waals surface area contributed by atoms with Gasteiger partial charge in [-0.3, -0.25) is 24.5 Å². The number of carbonyl (C=O) groups is 1. The molecule has 1 atom stereocenters. The fraction of sp³-hybridized carbons (Fsp3) is 0.444. The number of nitrogens with zero attached hydrogens (tertiary/aromatic N) is 4. The average molecular weight is 373 g/mol. The van der Waals surface area contributed by atoms with Crippen LogP contribution in [0.15, 0.2) is 30.5 Å². The first-order valence-electron chi connectivity index (χ1n) is 8.84. The fourth-order valence-electron chi connectivity index (χ4n) is 3.11. The molecule has 0 bridgehead atoms. The molecule has 9 heteroatoms. The van der Waals surface area contributed by atoms with Gasteiger partial charge in [0.2, 0.25) is 5.91 Å². The maximum atomic E-state index is 12.6. The third kappa shape index (κ3) is 4.50. The van der Waals surface area contributed by atoms with E-state index in [1.54, 1.807) is 13.8 Å². The molecule has 0 saturated carbocycles. The highest BCUT2D eigenvalue weighted by molar-refractivity contribution is 5.93. The third-order valence-corrected chi connectivity index (χ3v) is 4.67. The van der Waals surface area contributed by atoms with Crippen LogP contribution in [0.1, 0.15) is 24.2 Å². The van der Waals surface area contributed by atoms with Gasteiger partial charge in [0.05, 0.1) is 18.1 Å². The summed E-state index contributed by atoms with van der Waals surface area (Å²) >= 11 is 0. The summed E-state index contributed by atoms with van der Waals surface area (Å²) in [5, 5.41) is 17.8. The summed E-state index contributed by atoms with van der Waals surface area (Å²) in [4.78, 5) is 25.3. The van der Waals surface area contributed by atoms with Crippen molar-refractivity contribution in [1.29, 1.82) is 0 Å². The second-order valence-corrected chi connectivity index (χ2v) is 6.57. The van der Waals surface area contributed by atoms with Gasteiger partial charge in [0.1, 0.15) is 17.9 Å². The summed E-state index contributed by atoms with van der Waals surface area (Å²) in [6.07, 6.45) is 1.17. The molecule has 1 aliphatic heterocycles. The first-order valence-corrected chi connectivity index (χ1v) is 8.84. The molecule has 1 aliphatic rings. The summed E-state index contributed by atoms with van der Waals surface area (Å²) in [7, 11) is 0. The second kappa shape index (κ2) is 8.28. The molecular weight excluding hydrogens is 350 g/mol. The molecule has 2 aromatic rings. The predicted octanol–water partition coefficient (Wildman–Crippen LogP) is 2.13. The number of ether oxygens (including phenoxy) is 1. The minimum absolute atomic E-state index is 0.0952. The van der Waals surface area contributed by atoms with Crippen molar-refractivity contribution in [1.82, 2.24) is 14.7 Å². The number of nitrogens with one attached hydrogen (secondary N) is 1. The van der Waals surface area contributed by atoms with Gasteiger partial charge in [0, 0.05) is 25.3 Å². The molecule has 9 nitrogen and oxygen atoms in total. The Morgan fingerprint density at radius 2 is 2.15 bits per heavy atom. The van der Waals surface area contributed by atoms with Gasteiger partial charge < -0.3 is 10.1 Å². The number of amides is 1. The Balaban J connectivity index is 1.66. The molecule has 0 radical (unpaired) electrons. The number of benzene rings is 1. The first kappa shape index (κ1) is 19.0. The highest BCUT2D eigenvalue weighted by Crippen LogP contribution is 2.21. The standard InChI is InChI=1S/C18H23N5O4/c1-13-17(23(25)26)11-19-22(13)14(2)18(24)20-16-5-3-4-15(10-16)12-21-6-8-27-9-7-21/h3-5,10-11,14H,6-9,12H2,1-2H3,(H,20,24). The van der Waals surface area contributed by atoms with E-state index in [4.69, 9.17) is 4.74 Å². The van der Waals surface area contributed by atoms with Gasteiger partial charge in [-0.1, -0.05) is 12.1 Å². The van der Waals surface area contributed by atoms with Crippen LogP contribution in [-0.2, 0) is 16.1 Å². The van der Waals surface area contributed by atoms with Crippen molar-refractivity contribution in [2.75, 3.05) is 31.6 Å². The molecule has 1 saturated heterocycles. The van der Waals surface area contributed by atoms with Crippen LogP contribution >= 0.6 is 0 Å². The highest BCUT2D eigenvalue weighted by atomic mass is 16.6. The van der Waals surface area contributed by atoms with Gasteiger partial charge in [0.25, 0.3) is 0 Å². The monoisotopic (exact) mass is 373 g/mol. The van der Waals surface area contributed by atoms with Gasteiger partial charge in [0.15, 0.2) is 0 Å². The molecular formula is C18H23N5O4. The lowest BCUT2D eigenvalue weighted by molar-refractivity contribution is -0.385.